The highest BCUT2D eigenvalue weighted by atomic mass is 32.1. The Labute approximate surface area is 112 Å². The molecule has 0 aliphatic heterocycles. The van der Waals surface area contributed by atoms with E-state index in [1.165, 1.54) is 18.7 Å². The van der Waals surface area contributed by atoms with Gasteiger partial charge in [-0.2, -0.15) is 0 Å². The molecule has 19 heavy (non-hydrogen) atoms. The van der Waals surface area contributed by atoms with Crippen molar-refractivity contribution in [1.29, 1.82) is 0 Å². The number of methoxy groups -OCH3 is 1. The van der Waals surface area contributed by atoms with Crippen LogP contribution >= 0.6 is 11.3 Å². The number of carboxylic acids is 1. The number of carbonyl (C=O) groups is 2. The Morgan fingerprint density at radius 2 is 2.05 bits per heavy atom. The van der Waals surface area contributed by atoms with E-state index >= 15 is 0 Å². The molecule has 1 aromatic carbocycles. The highest BCUT2D eigenvalue weighted by Crippen LogP contribution is 2.21. The van der Waals surface area contributed by atoms with Crippen LogP contribution in [0.3, 0.4) is 0 Å². The highest BCUT2D eigenvalue weighted by molar-refractivity contribution is 7.12. The first-order valence-corrected chi connectivity index (χ1v) is 6.03. The third-order valence-corrected chi connectivity index (χ3v) is 3.02. The molecule has 0 saturated heterocycles. The van der Waals surface area contributed by atoms with Crippen molar-refractivity contribution in [2.45, 2.75) is 0 Å². The lowest BCUT2D eigenvalue weighted by Gasteiger charge is -2.05. The molecule has 6 nitrogen and oxygen atoms in total. The van der Waals surface area contributed by atoms with Crippen LogP contribution in [-0.4, -0.2) is 29.1 Å². The SMILES string of the molecule is COc1cccc(OC(=O)c2ncsc2C(=O)O)c1. The van der Waals surface area contributed by atoms with Gasteiger partial charge in [0.2, 0.25) is 0 Å². The van der Waals surface area contributed by atoms with Crippen molar-refractivity contribution in [3.63, 3.8) is 0 Å². The van der Waals surface area contributed by atoms with Crippen LogP contribution in [0.25, 0.3) is 0 Å². The lowest BCUT2D eigenvalue weighted by Crippen LogP contribution is -2.13. The smallest absolute Gasteiger partial charge is 0.364 e. The molecule has 2 aromatic rings. The summed E-state index contributed by atoms with van der Waals surface area (Å²) < 4.78 is 10.0. The van der Waals surface area contributed by atoms with Gasteiger partial charge < -0.3 is 14.6 Å². The molecule has 0 atom stereocenters. The number of ether oxygens (including phenoxy) is 2. The fourth-order valence-electron chi connectivity index (χ4n) is 1.36. The first-order valence-electron chi connectivity index (χ1n) is 5.15. The number of thiazole rings is 1. The van der Waals surface area contributed by atoms with Crippen LogP contribution in [-0.2, 0) is 0 Å². The molecule has 0 aliphatic carbocycles. The van der Waals surface area contributed by atoms with Crippen LogP contribution in [0.2, 0.25) is 0 Å². The number of aromatic nitrogens is 1. The van der Waals surface area contributed by atoms with E-state index in [9.17, 15) is 9.59 Å². The van der Waals surface area contributed by atoms with E-state index in [0.29, 0.717) is 5.75 Å². The Balaban J connectivity index is 2.20. The molecule has 0 radical (unpaired) electrons. The number of hydrogen-bond donors (Lipinski definition) is 1. The first-order chi connectivity index (χ1) is 9.11. The minimum atomic E-state index is -1.21. The fourth-order valence-corrected chi connectivity index (χ4v) is 1.98. The predicted octanol–water partition coefficient (Wildman–Crippen LogP) is 2.07. The standard InChI is InChI=1S/C12H9NO5S/c1-17-7-3-2-4-8(5-7)18-12(16)9-10(11(14)15)19-6-13-9/h2-6H,1H3,(H,14,15). The Bertz CT molecular complexity index is 622. The molecule has 1 heterocycles. The van der Waals surface area contributed by atoms with Crippen LogP contribution in [0.5, 0.6) is 11.5 Å². The highest BCUT2D eigenvalue weighted by Gasteiger charge is 2.21. The fraction of sp³-hybridized carbons (Fsp3) is 0.0833. The van der Waals surface area contributed by atoms with Gasteiger partial charge in [0.05, 0.1) is 12.6 Å². The van der Waals surface area contributed by atoms with E-state index in [-0.39, 0.29) is 16.3 Å². The van der Waals surface area contributed by atoms with Gasteiger partial charge in [-0.1, -0.05) is 6.07 Å². The second-order valence-electron chi connectivity index (χ2n) is 3.40. The molecule has 0 bridgehead atoms. The Morgan fingerprint density at radius 1 is 1.32 bits per heavy atom. The zero-order valence-electron chi connectivity index (χ0n) is 9.82. The molecule has 1 aromatic heterocycles. The second kappa shape index (κ2) is 5.49. The number of aromatic carboxylic acids is 1. The Kier molecular flexibility index (Phi) is 3.76. The van der Waals surface area contributed by atoms with E-state index in [0.717, 1.165) is 11.3 Å². The second-order valence-corrected chi connectivity index (χ2v) is 4.26. The molecule has 98 valence electrons. The number of hydrogen-bond acceptors (Lipinski definition) is 6. The summed E-state index contributed by atoms with van der Waals surface area (Å²) in [6.45, 7) is 0. The van der Waals surface area contributed by atoms with Gasteiger partial charge in [0.15, 0.2) is 5.69 Å². The molecule has 0 spiro atoms. The minimum Gasteiger partial charge on any atom is -0.497 e. The van der Waals surface area contributed by atoms with E-state index < -0.39 is 11.9 Å². The topological polar surface area (TPSA) is 85.7 Å². The molecule has 1 N–H and O–H groups in total. The summed E-state index contributed by atoms with van der Waals surface area (Å²) in [5, 5.41) is 8.89. The van der Waals surface area contributed by atoms with Crippen LogP contribution < -0.4 is 9.47 Å². The van der Waals surface area contributed by atoms with Crippen molar-refractivity contribution in [1.82, 2.24) is 4.98 Å². The number of nitrogens with zero attached hydrogens (tertiary/aromatic N) is 1. The van der Waals surface area contributed by atoms with Gasteiger partial charge in [0.1, 0.15) is 16.4 Å². The summed E-state index contributed by atoms with van der Waals surface area (Å²) in [6, 6.07) is 6.43. The van der Waals surface area contributed by atoms with Crippen LogP contribution in [0.1, 0.15) is 20.2 Å². The van der Waals surface area contributed by atoms with Gasteiger partial charge in [0.25, 0.3) is 0 Å². The van der Waals surface area contributed by atoms with Gasteiger partial charge >= 0.3 is 11.9 Å². The number of benzene rings is 1. The first kappa shape index (κ1) is 13.0. The van der Waals surface area contributed by atoms with E-state index in [2.05, 4.69) is 4.98 Å². The predicted molar refractivity (Wildman–Crippen MR) is 67.0 cm³/mol. The maximum atomic E-state index is 11.8. The molecule has 0 amide bonds. The van der Waals surface area contributed by atoms with Crippen molar-refractivity contribution >= 4 is 23.3 Å². The lowest BCUT2D eigenvalue weighted by molar-refractivity contribution is 0.0670. The average molecular weight is 279 g/mol. The van der Waals surface area contributed by atoms with E-state index in [1.807, 2.05) is 0 Å². The largest absolute Gasteiger partial charge is 0.497 e. The maximum absolute atomic E-state index is 11.8. The third kappa shape index (κ3) is 2.89. The summed E-state index contributed by atoms with van der Waals surface area (Å²) in [6.07, 6.45) is 0. The normalized spacial score (nSPS) is 9.95. The minimum absolute atomic E-state index is 0.145. The molecule has 0 unspecified atom stereocenters. The summed E-state index contributed by atoms with van der Waals surface area (Å²) >= 11 is 0.868. The maximum Gasteiger partial charge on any atom is 0.364 e. The van der Waals surface area contributed by atoms with Crippen molar-refractivity contribution in [2.75, 3.05) is 7.11 Å². The molecule has 0 saturated carbocycles. The van der Waals surface area contributed by atoms with Crippen LogP contribution in [0.4, 0.5) is 0 Å². The molecule has 0 aliphatic rings. The van der Waals surface area contributed by atoms with Crippen LogP contribution in [0.15, 0.2) is 29.8 Å². The number of carbonyl (C=O) groups excluding carboxylic acids is 1. The Hall–Kier alpha value is -2.41. The van der Waals surface area contributed by atoms with E-state index in [4.69, 9.17) is 14.6 Å². The van der Waals surface area contributed by atoms with Gasteiger partial charge in [-0.3, -0.25) is 0 Å². The zero-order chi connectivity index (χ0) is 13.8. The summed E-state index contributed by atoms with van der Waals surface area (Å²) in [4.78, 5) is 26.3. The average Bonchev–Trinajstić information content (AvgIpc) is 2.88. The summed E-state index contributed by atoms with van der Waals surface area (Å²) in [5.74, 6) is -1.23. The number of carboxylic acid groups (broad SMARTS) is 1. The summed E-state index contributed by atoms with van der Waals surface area (Å²) in [5.41, 5.74) is 1.08. The Morgan fingerprint density at radius 3 is 2.74 bits per heavy atom. The van der Waals surface area contributed by atoms with Crippen molar-refractivity contribution in [3.05, 3.63) is 40.3 Å². The molecular formula is C12H9NO5S. The van der Waals surface area contributed by atoms with Crippen molar-refractivity contribution in [2.24, 2.45) is 0 Å². The number of esters is 1. The monoisotopic (exact) mass is 279 g/mol. The summed E-state index contributed by atoms with van der Waals surface area (Å²) in [7, 11) is 1.49. The zero-order valence-corrected chi connectivity index (χ0v) is 10.6. The molecular weight excluding hydrogens is 270 g/mol. The quantitative estimate of drug-likeness (QED) is 0.681. The van der Waals surface area contributed by atoms with Gasteiger partial charge in [-0.15, -0.1) is 11.3 Å². The number of rotatable bonds is 4. The van der Waals surface area contributed by atoms with Gasteiger partial charge in [-0.05, 0) is 12.1 Å². The van der Waals surface area contributed by atoms with Crippen molar-refractivity contribution < 1.29 is 24.2 Å². The molecule has 0 fully saturated rings. The van der Waals surface area contributed by atoms with Crippen LogP contribution in [0, 0.1) is 0 Å². The van der Waals surface area contributed by atoms with Gasteiger partial charge in [-0.25, -0.2) is 14.6 Å². The van der Waals surface area contributed by atoms with Crippen molar-refractivity contribution in [3.8, 4) is 11.5 Å². The van der Waals surface area contributed by atoms with Gasteiger partial charge in [0, 0.05) is 6.07 Å². The molecule has 7 heteroatoms. The molecule has 2 rings (SSSR count). The lowest BCUT2D eigenvalue weighted by atomic mass is 10.3. The van der Waals surface area contributed by atoms with E-state index in [1.54, 1.807) is 18.2 Å². The third-order valence-electron chi connectivity index (χ3n) is 2.21.